The van der Waals surface area contributed by atoms with Gasteiger partial charge in [-0.25, -0.2) is 0 Å². The van der Waals surface area contributed by atoms with Gasteiger partial charge in [0.25, 0.3) is 0 Å². The molecule has 0 unspecified atom stereocenters. The Morgan fingerprint density at radius 3 is 2.50 bits per heavy atom. The molecule has 1 aromatic rings. The molecule has 0 spiro atoms. The maximum atomic E-state index is 5.74. The molecule has 3 heteroatoms. The van der Waals surface area contributed by atoms with Crippen molar-refractivity contribution in [2.75, 3.05) is 0 Å². The maximum Gasteiger partial charge on any atom is 0.0406 e. The van der Waals surface area contributed by atoms with Crippen LogP contribution in [0, 0.1) is 0 Å². The molecule has 0 fully saturated rings. The average molecular weight is 185 g/mol. The fourth-order valence-electron chi connectivity index (χ4n) is 1.03. The molecule has 0 aliphatic heterocycles. The van der Waals surface area contributed by atoms with Crippen molar-refractivity contribution in [1.82, 2.24) is 5.43 Å². The minimum atomic E-state index is 0.297. The summed E-state index contributed by atoms with van der Waals surface area (Å²) < 4.78 is 0. The summed E-state index contributed by atoms with van der Waals surface area (Å²) in [4.78, 5) is 0. The Hall–Kier alpha value is -0.570. The van der Waals surface area contributed by atoms with Crippen LogP contribution in [0.2, 0.25) is 5.02 Å². The lowest BCUT2D eigenvalue weighted by Crippen LogP contribution is -2.33. The van der Waals surface area contributed by atoms with Crippen LogP contribution in [0.25, 0.3) is 0 Å². The molecule has 1 aromatic carbocycles. The number of nitrogens with two attached hydrogens (primary N) is 1. The third-order valence-corrected chi connectivity index (χ3v) is 1.99. The summed E-state index contributed by atoms with van der Waals surface area (Å²) in [7, 11) is 0. The Bertz CT molecular complexity index is 233. The summed E-state index contributed by atoms with van der Waals surface area (Å²) in [6.07, 6.45) is 0.924. The molecule has 0 radical (unpaired) electrons. The van der Waals surface area contributed by atoms with Gasteiger partial charge in [0.05, 0.1) is 0 Å². The van der Waals surface area contributed by atoms with Crippen molar-refractivity contribution in [3.63, 3.8) is 0 Å². The lowest BCUT2D eigenvalue weighted by atomic mass is 10.1. The summed E-state index contributed by atoms with van der Waals surface area (Å²) in [6, 6.07) is 8.10. The topological polar surface area (TPSA) is 38.0 Å². The Kier molecular flexibility index (Phi) is 3.53. The molecule has 12 heavy (non-hydrogen) atoms. The van der Waals surface area contributed by atoms with E-state index < -0.39 is 0 Å². The summed E-state index contributed by atoms with van der Waals surface area (Å²) in [5.74, 6) is 5.27. The highest BCUT2D eigenvalue weighted by Gasteiger charge is 1.99. The van der Waals surface area contributed by atoms with Gasteiger partial charge >= 0.3 is 0 Å². The number of hydrogen-bond donors (Lipinski definition) is 2. The van der Waals surface area contributed by atoms with E-state index in [9.17, 15) is 0 Å². The number of hydrogen-bond acceptors (Lipinski definition) is 2. The van der Waals surface area contributed by atoms with E-state index in [4.69, 9.17) is 17.4 Å². The van der Waals surface area contributed by atoms with Gasteiger partial charge in [0.2, 0.25) is 0 Å². The molecule has 0 amide bonds. The predicted octanol–water partition coefficient (Wildman–Crippen LogP) is 1.73. The molecule has 0 aliphatic carbocycles. The Balaban J connectivity index is 2.58. The van der Waals surface area contributed by atoms with Crippen LogP contribution >= 0.6 is 11.6 Å². The summed E-state index contributed by atoms with van der Waals surface area (Å²) in [6.45, 7) is 2.04. The first-order valence-electron chi connectivity index (χ1n) is 3.93. The fourth-order valence-corrected chi connectivity index (χ4v) is 1.16. The summed E-state index contributed by atoms with van der Waals surface area (Å²) in [5.41, 5.74) is 3.94. The SMILES string of the molecule is C[C@H](Cc1ccc(Cl)cc1)NN. The highest BCUT2D eigenvalue weighted by atomic mass is 35.5. The van der Waals surface area contributed by atoms with Gasteiger partial charge in [-0.2, -0.15) is 0 Å². The molecular formula is C9H13ClN2. The van der Waals surface area contributed by atoms with Gasteiger partial charge in [0.15, 0.2) is 0 Å². The molecule has 1 atom stereocenters. The Labute approximate surface area is 77.7 Å². The van der Waals surface area contributed by atoms with E-state index in [1.54, 1.807) is 0 Å². The van der Waals surface area contributed by atoms with Gasteiger partial charge in [-0.3, -0.25) is 11.3 Å². The molecule has 0 heterocycles. The van der Waals surface area contributed by atoms with Crippen LogP contribution in [0.4, 0.5) is 0 Å². The number of rotatable bonds is 3. The highest BCUT2D eigenvalue weighted by molar-refractivity contribution is 6.30. The van der Waals surface area contributed by atoms with Crippen molar-refractivity contribution in [3.05, 3.63) is 34.9 Å². The normalized spacial score (nSPS) is 12.9. The number of nitrogens with one attached hydrogen (secondary N) is 1. The minimum Gasteiger partial charge on any atom is -0.271 e. The van der Waals surface area contributed by atoms with Crippen molar-refractivity contribution in [2.24, 2.45) is 5.84 Å². The zero-order valence-electron chi connectivity index (χ0n) is 7.05. The highest BCUT2D eigenvalue weighted by Crippen LogP contribution is 2.10. The molecular weight excluding hydrogens is 172 g/mol. The van der Waals surface area contributed by atoms with Crippen LogP contribution in [0.3, 0.4) is 0 Å². The van der Waals surface area contributed by atoms with Crippen LogP contribution in [0.5, 0.6) is 0 Å². The first-order valence-corrected chi connectivity index (χ1v) is 4.30. The zero-order chi connectivity index (χ0) is 8.97. The van der Waals surface area contributed by atoms with Crippen molar-refractivity contribution >= 4 is 11.6 Å². The molecule has 0 aromatic heterocycles. The molecule has 0 saturated heterocycles. The fraction of sp³-hybridized carbons (Fsp3) is 0.333. The second-order valence-electron chi connectivity index (χ2n) is 2.90. The second-order valence-corrected chi connectivity index (χ2v) is 3.33. The summed E-state index contributed by atoms with van der Waals surface area (Å²) >= 11 is 5.74. The van der Waals surface area contributed by atoms with E-state index in [1.165, 1.54) is 5.56 Å². The first-order chi connectivity index (χ1) is 5.72. The standard InChI is InChI=1S/C9H13ClN2/c1-7(12-11)6-8-2-4-9(10)5-3-8/h2-5,7,12H,6,11H2,1H3/t7-/m1/s1. The van der Waals surface area contributed by atoms with Crippen molar-refractivity contribution in [3.8, 4) is 0 Å². The third kappa shape index (κ3) is 2.81. The minimum absolute atomic E-state index is 0.297. The van der Waals surface area contributed by atoms with Crippen molar-refractivity contribution < 1.29 is 0 Å². The average Bonchev–Trinajstić information content (AvgIpc) is 2.09. The van der Waals surface area contributed by atoms with E-state index in [1.807, 2.05) is 31.2 Å². The molecule has 66 valence electrons. The van der Waals surface area contributed by atoms with Gasteiger partial charge in [-0.05, 0) is 31.0 Å². The molecule has 3 N–H and O–H groups in total. The number of hydrazine groups is 1. The molecule has 0 bridgehead atoms. The number of halogens is 1. The van der Waals surface area contributed by atoms with E-state index in [0.717, 1.165) is 11.4 Å². The predicted molar refractivity (Wildman–Crippen MR) is 51.9 cm³/mol. The molecule has 2 nitrogen and oxygen atoms in total. The van der Waals surface area contributed by atoms with Crippen LogP contribution in [0.1, 0.15) is 12.5 Å². The first kappa shape index (κ1) is 9.52. The van der Waals surface area contributed by atoms with E-state index >= 15 is 0 Å². The van der Waals surface area contributed by atoms with E-state index in [2.05, 4.69) is 5.43 Å². The third-order valence-electron chi connectivity index (χ3n) is 1.74. The monoisotopic (exact) mass is 184 g/mol. The summed E-state index contributed by atoms with van der Waals surface area (Å²) in [5, 5.41) is 0.770. The Morgan fingerprint density at radius 1 is 1.42 bits per heavy atom. The van der Waals surface area contributed by atoms with Crippen LogP contribution in [-0.2, 0) is 6.42 Å². The molecule has 0 aliphatic rings. The van der Waals surface area contributed by atoms with Gasteiger partial charge in [-0.1, -0.05) is 23.7 Å². The van der Waals surface area contributed by atoms with E-state index in [-0.39, 0.29) is 0 Å². The lowest BCUT2D eigenvalue weighted by molar-refractivity contribution is 0.568. The zero-order valence-corrected chi connectivity index (χ0v) is 7.81. The quantitative estimate of drug-likeness (QED) is 0.555. The van der Waals surface area contributed by atoms with Crippen molar-refractivity contribution in [2.45, 2.75) is 19.4 Å². The van der Waals surface area contributed by atoms with Gasteiger partial charge in [-0.15, -0.1) is 0 Å². The van der Waals surface area contributed by atoms with Gasteiger partial charge in [0, 0.05) is 11.1 Å². The van der Waals surface area contributed by atoms with E-state index in [0.29, 0.717) is 6.04 Å². The second kappa shape index (κ2) is 4.45. The largest absolute Gasteiger partial charge is 0.271 e. The maximum absolute atomic E-state index is 5.74. The smallest absolute Gasteiger partial charge is 0.0406 e. The molecule has 1 rings (SSSR count). The number of benzene rings is 1. The Morgan fingerprint density at radius 2 is 2.00 bits per heavy atom. The van der Waals surface area contributed by atoms with Gasteiger partial charge < -0.3 is 0 Å². The van der Waals surface area contributed by atoms with Crippen LogP contribution < -0.4 is 11.3 Å². The van der Waals surface area contributed by atoms with Gasteiger partial charge in [0.1, 0.15) is 0 Å². The molecule has 0 saturated carbocycles. The van der Waals surface area contributed by atoms with Crippen LogP contribution in [0.15, 0.2) is 24.3 Å². The lowest BCUT2D eigenvalue weighted by Gasteiger charge is -2.08. The van der Waals surface area contributed by atoms with Crippen LogP contribution in [-0.4, -0.2) is 6.04 Å². The van der Waals surface area contributed by atoms with Crippen molar-refractivity contribution in [1.29, 1.82) is 0 Å².